The molecule has 0 amide bonds. The molecule has 0 atom stereocenters. The molecule has 0 aliphatic heterocycles. The predicted octanol–water partition coefficient (Wildman–Crippen LogP) is 2.93. The second-order valence-corrected chi connectivity index (χ2v) is 4.29. The monoisotopic (exact) mass is 229 g/mol. The summed E-state index contributed by atoms with van der Waals surface area (Å²) in [7, 11) is 0. The van der Waals surface area contributed by atoms with Gasteiger partial charge in [0, 0.05) is 12.8 Å². The molecule has 1 aromatic carbocycles. The lowest BCUT2D eigenvalue weighted by atomic mass is 10.1. The zero-order chi connectivity index (χ0) is 11.9. The van der Waals surface area contributed by atoms with Crippen LogP contribution in [0.4, 0.5) is 0 Å². The Morgan fingerprint density at radius 2 is 1.88 bits per heavy atom. The molecule has 0 spiro atoms. The van der Waals surface area contributed by atoms with Crippen molar-refractivity contribution in [2.75, 3.05) is 0 Å². The average Bonchev–Trinajstić information content (AvgIpc) is 2.83. The van der Waals surface area contributed by atoms with E-state index in [1.54, 1.807) is 0 Å². The first-order chi connectivity index (χ1) is 8.38. The summed E-state index contributed by atoms with van der Waals surface area (Å²) in [6.07, 6.45) is 5.29. The van der Waals surface area contributed by atoms with Crippen LogP contribution < -0.4 is 0 Å². The minimum atomic E-state index is 0.909. The first-order valence-corrected chi connectivity index (χ1v) is 6.32. The molecule has 0 aliphatic carbocycles. The maximum Gasteiger partial charge on any atom is 0.151 e. The van der Waals surface area contributed by atoms with Crippen LogP contribution in [0.2, 0.25) is 0 Å². The molecule has 0 unspecified atom stereocenters. The van der Waals surface area contributed by atoms with Crippen molar-refractivity contribution in [3.63, 3.8) is 0 Å². The number of benzene rings is 1. The molecule has 0 bridgehead atoms. The highest BCUT2D eigenvalue weighted by atomic mass is 15.2. The minimum absolute atomic E-state index is 0.909. The lowest BCUT2D eigenvalue weighted by Gasteiger charge is -1.97. The van der Waals surface area contributed by atoms with E-state index in [1.165, 1.54) is 18.4 Å². The molecule has 0 radical (unpaired) electrons. The molecule has 1 N–H and O–H groups in total. The maximum absolute atomic E-state index is 4.50. The van der Waals surface area contributed by atoms with E-state index in [4.69, 9.17) is 0 Å². The number of nitrogens with one attached hydrogen (secondary N) is 1. The van der Waals surface area contributed by atoms with Gasteiger partial charge in [0.2, 0.25) is 0 Å². The second kappa shape index (κ2) is 6.18. The molecule has 0 fully saturated rings. The summed E-state index contributed by atoms with van der Waals surface area (Å²) in [5, 5.41) is 7.26. The molecule has 3 nitrogen and oxygen atoms in total. The average molecular weight is 229 g/mol. The Bertz CT molecular complexity index is 434. The fraction of sp³-hybridized carbons (Fsp3) is 0.429. The molecule has 0 saturated heterocycles. The fourth-order valence-electron chi connectivity index (χ4n) is 1.80. The van der Waals surface area contributed by atoms with Gasteiger partial charge in [-0.05, 0) is 18.4 Å². The highest BCUT2D eigenvalue weighted by Gasteiger charge is 2.03. The van der Waals surface area contributed by atoms with Crippen LogP contribution >= 0.6 is 0 Å². The number of hydrogen-bond acceptors (Lipinski definition) is 2. The lowest BCUT2D eigenvalue weighted by molar-refractivity contribution is 0.755. The largest absolute Gasteiger partial charge is 0.263 e. The number of hydrogen-bond donors (Lipinski definition) is 1. The van der Waals surface area contributed by atoms with Gasteiger partial charge in [-0.3, -0.25) is 5.10 Å². The van der Waals surface area contributed by atoms with Gasteiger partial charge in [0.1, 0.15) is 5.82 Å². The van der Waals surface area contributed by atoms with E-state index in [1.807, 2.05) is 6.07 Å². The smallest absolute Gasteiger partial charge is 0.151 e. The van der Waals surface area contributed by atoms with Crippen LogP contribution in [0.15, 0.2) is 30.3 Å². The molecule has 2 rings (SSSR count). The molecule has 1 heterocycles. The van der Waals surface area contributed by atoms with Crippen LogP contribution in [-0.2, 0) is 19.3 Å². The second-order valence-electron chi connectivity index (χ2n) is 4.29. The molecule has 3 heteroatoms. The molecular weight excluding hydrogens is 210 g/mol. The van der Waals surface area contributed by atoms with Gasteiger partial charge in [-0.25, -0.2) is 4.98 Å². The van der Waals surface area contributed by atoms with E-state index in [2.05, 4.69) is 46.4 Å². The van der Waals surface area contributed by atoms with Crippen molar-refractivity contribution in [3.05, 3.63) is 47.5 Å². The van der Waals surface area contributed by atoms with E-state index in [0.717, 1.165) is 30.9 Å². The number of H-pyrrole nitrogens is 1. The molecular formula is C14H19N3. The summed E-state index contributed by atoms with van der Waals surface area (Å²) in [4.78, 5) is 4.50. The van der Waals surface area contributed by atoms with Crippen molar-refractivity contribution in [1.82, 2.24) is 15.2 Å². The van der Waals surface area contributed by atoms with Crippen molar-refractivity contribution in [2.24, 2.45) is 0 Å². The van der Waals surface area contributed by atoms with E-state index < -0.39 is 0 Å². The summed E-state index contributed by atoms with van der Waals surface area (Å²) >= 11 is 0. The highest BCUT2D eigenvalue weighted by Crippen LogP contribution is 2.05. The van der Waals surface area contributed by atoms with E-state index >= 15 is 0 Å². The Morgan fingerprint density at radius 3 is 2.65 bits per heavy atom. The summed E-state index contributed by atoms with van der Waals surface area (Å²) in [6.45, 7) is 2.19. The van der Waals surface area contributed by atoms with E-state index in [-0.39, 0.29) is 0 Å². The van der Waals surface area contributed by atoms with Crippen molar-refractivity contribution >= 4 is 0 Å². The van der Waals surface area contributed by atoms with Gasteiger partial charge in [0.05, 0.1) is 0 Å². The Morgan fingerprint density at radius 1 is 1.06 bits per heavy atom. The van der Waals surface area contributed by atoms with Crippen molar-refractivity contribution in [3.8, 4) is 0 Å². The Kier molecular flexibility index (Phi) is 4.30. The van der Waals surface area contributed by atoms with Crippen molar-refractivity contribution in [2.45, 2.75) is 39.0 Å². The van der Waals surface area contributed by atoms with Crippen LogP contribution in [0.1, 0.15) is 37.0 Å². The summed E-state index contributed by atoms with van der Waals surface area (Å²) < 4.78 is 0. The fourth-order valence-corrected chi connectivity index (χ4v) is 1.80. The normalized spacial score (nSPS) is 10.6. The van der Waals surface area contributed by atoms with Crippen LogP contribution in [-0.4, -0.2) is 15.2 Å². The number of aromatic amines is 1. The summed E-state index contributed by atoms with van der Waals surface area (Å²) in [5.74, 6) is 1.95. The molecule has 1 aromatic heterocycles. The lowest BCUT2D eigenvalue weighted by Crippen LogP contribution is -1.93. The summed E-state index contributed by atoms with van der Waals surface area (Å²) in [6, 6.07) is 10.5. The number of aryl methyl sites for hydroxylation is 3. The Hall–Kier alpha value is -1.64. The number of aromatic nitrogens is 3. The number of nitrogens with zero attached hydrogens (tertiary/aromatic N) is 2. The van der Waals surface area contributed by atoms with Gasteiger partial charge in [-0.2, -0.15) is 5.10 Å². The van der Waals surface area contributed by atoms with Gasteiger partial charge in [-0.15, -0.1) is 0 Å². The van der Waals surface area contributed by atoms with E-state index in [9.17, 15) is 0 Å². The Balaban J connectivity index is 1.85. The third-order valence-electron chi connectivity index (χ3n) is 2.83. The van der Waals surface area contributed by atoms with Crippen LogP contribution in [0.25, 0.3) is 0 Å². The topological polar surface area (TPSA) is 41.6 Å². The zero-order valence-electron chi connectivity index (χ0n) is 10.3. The molecule has 90 valence electrons. The summed E-state index contributed by atoms with van der Waals surface area (Å²) in [5.41, 5.74) is 1.34. The molecule has 0 saturated carbocycles. The highest BCUT2D eigenvalue weighted by molar-refractivity contribution is 5.15. The van der Waals surface area contributed by atoms with Crippen LogP contribution in [0.5, 0.6) is 0 Å². The van der Waals surface area contributed by atoms with Crippen molar-refractivity contribution < 1.29 is 0 Å². The molecule has 17 heavy (non-hydrogen) atoms. The van der Waals surface area contributed by atoms with Crippen LogP contribution in [0, 0.1) is 0 Å². The van der Waals surface area contributed by atoms with E-state index in [0.29, 0.717) is 0 Å². The third-order valence-corrected chi connectivity index (χ3v) is 2.83. The SMILES string of the molecule is CCCCc1nc(CCc2ccccc2)n[nH]1. The number of unbranched alkanes of at least 4 members (excludes halogenated alkanes) is 1. The standard InChI is InChI=1S/C14H19N3/c1-2-3-9-13-15-14(17-16-13)11-10-12-7-5-4-6-8-12/h4-8H,2-3,9-11H2,1H3,(H,15,16,17). The van der Waals surface area contributed by atoms with Gasteiger partial charge in [0.25, 0.3) is 0 Å². The molecule has 0 aliphatic rings. The third kappa shape index (κ3) is 3.70. The van der Waals surface area contributed by atoms with Crippen LogP contribution in [0.3, 0.4) is 0 Å². The Labute approximate surface area is 102 Å². The molecule has 2 aromatic rings. The predicted molar refractivity (Wildman–Crippen MR) is 68.8 cm³/mol. The van der Waals surface area contributed by atoms with Crippen molar-refractivity contribution in [1.29, 1.82) is 0 Å². The minimum Gasteiger partial charge on any atom is -0.263 e. The quantitative estimate of drug-likeness (QED) is 0.827. The zero-order valence-corrected chi connectivity index (χ0v) is 10.3. The number of rotatable bonds is 6. The van der Waals surface area contributed by atoms with Gasteiger partial charge < -0.3 is 0 Å². The first kappa shape index (κ1) is 11.8. The van der Waals surface area contributed by atoms with Gasteiger partial charge in [0.15, 0.2) is 5.82 Å². The van der Waals surface area contributed by atoms with Gasteiger partial charge in [-0.1, -0.05) is 43.7 Å². The van der Waals surface area contributed by atoms with Gasteiger partial charge >= 0.3 is 0 Å². The maximum atomic E-state index is 4.50. The first-order valence-electron chi connectivity index (χ1n) is 6.32.